The molecule has 0 aliphatic carbocycles. The molecule has 0 spiro atoms. The lowest BCUT2D eigenvalue weighted by atomic mass is 9.87. The molecule has 10 aromatic rings. The highest BCUT2D eigenvalue weighted by atomic mass is 32.1. The van der Waals surface area contributed by atoms with Crippen molar-refractivity contribution in [2.24, 2.45) is 0 Å². The van der Waals surface area contributed by atoms with Gasteiger partial charge in [0, 0.05) is 27.6 Å². The number of hydrogen-bond acceptors (Lipinski definition) is 4. The lowest BCUT2D eigenvalue weighted by molar-refractivity contribution is 0.591. The fourth-order valence-electron chi connectivity index (χ4n) is 7.77. The number of thiazole rings is 2. The van der Waals surface area contributed by atoms with Gasteiger partial charge in [-0.2, -0.15) is 0 Å². The summed E-state index contributed by atoms with van der Waals surface area (Å²) < 4.78 is 4.86. The van der Waals surface area contributed by atoms with Gasteiger partial charge in [0.15, 0.2) is 0 Å². The van der Waals surface area contributed by atoms with Crippen molar-refractivity contribution in [1.82, 2.24) is 14.5 Å². The Labute approximate surface area is 329 Å². The van der Waals surface area contributed by atoms with Crippen LogP contribution in [-0.4, -0.2) is 14.5 Å². The molecule has 7 aromatic carbocycles. The summed E-state index contributed by atoms with van der Waals surface area (Å²) in [5, 5.41) is 7.01. The summed E-state index contributed by atoms with van der Waals surface area (Å²) in [6, 6.07) is 51.4. The van der Waals surface area contributed by atoms with Crippen molar-refractivity contribution in [3.63, 3.8) is 0 Å². The maximum atomic E-state index is 5.13. The molecule has 55 heavy (non-hydrogen) atoms. The van der Waals surface area contributed by atoms with E-state index in [1.165, 1.54) is 64.2 Å². The smallest absolute Gasteiger partial charge is 0.124 e. The zero-order valence-corrected chi connectivity index (χ0v) is 33.6. The van der Waals surface area contributed by atoms with Crippen LogP contribution in [-0.2, 0) is 10.8 Å². The zero-order valence-electron chi connectivity index (χ0n) is 31.9. The van der Waals surface area contributed by atoms with Crippen molar-refractivity contribution in [1.29, 1.82) is 0 Å². The molecule has 0 bridgehead atoms. The highest BCUT2D eigenvalue weighted by Crippen LogP contribution is 2.41. The van der Waals surface area contributed by atoms with Gasteiger partial charge in [0.2, 0.25) is 0 Å². The van der Waals surface area contributed by atoms with Gasteiger partial charge in [0.25, 0.3) is 0 Å². The quantitative estimate of drug-likeness (QED) is 0.179. The van der Waals surface area contributed by atoms with Gasteiger partial charge in [-0.25, -0.2) is 9.97 Å². The largest absolute Gasteiger partial charge is 0.309 e. The van der Waals surface area contributed by atoms with E-state index in [0.717, 1.165) is 37.9 Å². The van der Waals surface area contributed by atoms with E-state index in [-0.39, 0.29) is 10.8 Å². The predicted molar refractivity (Wildman–Crippen MR) is 238 cm³/mol. The molecule has 268 valence electrons. The monoisotopic (exact) mass is 747 g/mol. The van der Waals surface area contributed by atoms with Gasteiger partial charge >= 0.3 is 0 Å². The fraction of sp³-hybridized carbons (Fsp3) is 0.160. The first kappa shape index (κ1) is 33.9. The van der Waals surface area contributed by atoms with Gasteiger partial charge in [0.1, 0.15) is 10.0 Å². The third kappa shape index (κ3) is 5.94. The molecule has 0 aliphatic heterocycles. The van der Waals surface area contributed by atoms with Crippen molar-refractivity contribution in [2.45, 2.75) is 52.4 Å². The van der Waals surface area contributed by atoms with E-state index in [4.69, 9.17) is 9.97 Å². The molecule has 0 atom stereocenters. The minimum atomic E-state index is 0.0859. The molecule has 3 aromatic heterocycles. The Morgan fingerprint density at radius 1 is 0.436 bits per heavy atom. The molecule has 10 rings (SSSR count). The maximum absolute atomic E-state index is 5.13. The predicted octanol–water partition coefficient (Wildman–Crippen LogP) is 14.8. The van der Waals surface area contributed by atoms with Gasteiger partial charge in [-0.1, -0.05) is 102 Å². The summed E-state index contributed by atoms with van der Waals surface area (Å²) in [5.41, 5.74) is 13.1. The van der Waals surface area contributed by atoms with Gasteiger partial charge < -0.3 is 4.57 Å². The highest BCUT2D eigenvalue weighted by molar-refractivity contribution is 7.22. The van der Waals surface area contributed by atoms with Crippen LogP contribution in [0.4, 0.5) is 0 Å². The molecular formula is C50H41N3S2. The number of nitrogens with zero attached hydrogens (tertiary/aromatic N) is 3. The van der Waals surface area contributed by atoms with Crippen LogP contribution in [0, 0.1) is 0 Å². The standard InChI is InChI=1S/C50H41N3S2/c1-49(2,3)36-17-21-41-45(28-36)54-47(51-41)34-15-23-43-39(26-34)40-27-35(48-52-42-22-18-37(50(4,5)6)29-46(42)55-48)16-24-44(40)53(43)38-19-13-31(14-20-38)33-12-11-30-9-7-8-10-32(30)25-33/h7-29H,1-6H3. The van der Waals surface area contributed by atoms with Crippen LogP contribution in [0.1, 0.15) is 52.7 Å². The molecule has 5 heteroatoms. The summed E-state index contributed by atoms with van der Waals surface area (Å²) in [6.07, 6.45) is 0. The van der Waals surface area contributed by atoms with Gasteiger partial charge in [-0.05, 0) is 123 Å². The summed E-state index contributed by atoms with van der Waals surface area (Å²) in [6.45, 7) is 13.6. The molecule has 0 aliphatic rings. The van der Waals surface area contributed by atoms with Crippen LogP contribution in [0.15, 0.2) is 140 Å². The molecule has 3 heterocycles. The van der Waals surface area contributed by atoms with E-state index >= 15 is 0 Å². The number of hydrogen-bond donors (Lipinski definition) is 0. The van der Waals surface area contributed by atoms with Crippen molar-refractivity contribution in [3.8, 4) is 38.0 Å². The number of fused-ring (bicyclic) bond motifs is 6. The second kappa shape index (κ2) is 12.5. The van der Waals surface area contributed by atoms with E-state index in [0.29, 0.717) is 0 Å². The van der Waals surface area contributed by atoms with Crippen LogP contribution in [0.25, 0.3) is 91.0 Å². The van der Waals surface area contributed by atoms with Crippen molar-refractivity contribution in [3.05, 3.63) is 151 Å². The molecule has 0 amide bonds. The van der Waals surface area contributed by atoms with Crippen LogP contribution in [0.5, 0.6) is 0 Å². The molecule has 0 N–H and O–H groups in total. The Kier molecular flexibility index (Phi) is 7.68. The molecule has 3 nitrogen and oxygen atoms in total. The van der Waals surface area contributed by atoms with Crippen LogP contribution in [0.2, 0.25) is 0 Å². The molecule has 0 saturated carbocycles. The average molecular weight is 748 g/mol. The lowest BCUT2D eigenvalue weighted by Gasteiger charge is -2.18. The van der Waals surface area contributed by atoms with Gasteiger partial charge in [-0.3, -0.25) is 0 Å². The topological polar surface area (TPSA) is 30.7 Å². The Morgan fingerprint density at radius 2 is 0.927 bits per heavy atom. The maximum Gasteiger partial charge on any atom is 0.124 e. The minimum Gasteiger partial charge on any atom is -0.309 e. The average Bonchev–Trinajstić information content (AvgIpc) is 3.90. The van der Waals surface area contributed by atoms with E-state index in [1.807, 2.05) is 0 Å². The molecule has 0 fully saturated rings. The van der Waals surface area contributed by atoms with E-state index in [9.17, 15) is 0 Å². The van der Waals surface area contributed by atoms with Crippen molar-refractivity contribution < 1.29 is 0 Å². The Morgan fingerprint density at radius 3 is 1.45 bits per heavy atom. The summed E-state index contributed by atoms with van der Waals surface area (Å²) in [4.78, 5) is 10.3. The first-order chi connectivity index (χ1) is 26.5. The van der Waals surface area contributed by atoms with E-state index in [1.54, 1.807) is 22.7 Å². The van der Waals surface area contributed by atoms with Crippen molar-refractivity contribution in [2.75, 3.05) is 0 Å². The minimum absolute atomic E-state index is 0.0859. The summed E-state index contributed by atoms with van der Waals surface area (Å²) in [5.74, 6) is 0. The van der Waals surface area contributed by atoms with Crippen LogP contribution < -0.4 is 0 Å². The number of rotatable bonds is 4. The number of benzene rings is 7. The summed E-state index contributed by atoms with van der Waals surface area (Å²) >= 11 is 3.55. The molecular weight excluding hydrogens is 707 g/mol. The van der Waals surface area contributed by atoms with E-state index in [2.05, 4.69) is 186 Å². The van der Waals surface area contributed by atoms with E-state index < -0.39 is 0 Å². The second-order valence-corrected chi connectivity index (χ2v) is 18.9. The third-order valence-electron chi connectivity index (χ3n) is 11.0. The Balaban J connectivity index is 1.12. The first-order valence-electron chi connectivity index (χ1n) is 19.0. The second-order valence-electron chi connectivity index (χ2n) is 16.8. The first-order valence-corrected chi connectivity index (χ1v) is 20.6. The van der Waals surface area contributed by atoms with Crippen LogP contribution in [0.3, 0.4) is 0 Å². The molecule has 0 saturated heterocycles. The Hall–Kier alpha value is -5.62. The third-order valence-corrected chi connectivity index (χ3v) is 13.1. The van der Waals surface area contributed by atoms with Gasteiger partial charge in [-0.15, -0.1) is 22.7 Å². The normalized spacial score (nSPS) is 12.5. The zero-order chi connectivity index (χ0) is 37.6. The Bertz CT molecular complexity index is 2960. The highest BCUT2D eigenvalue weighted by Gasteiger charge is 2.20. The SMILES string of the molecule is CC(C)(C)c1ccc2nc(-c3ccc4c(c3)c3cc(-c5nc6ccc(C(C)(C)C)cc6s5)ccc3n4-c3ccc(-c4ccc5ccccc5c4)cc3)sc2c1. The van der Waals surface area contributed by atoms with Crippen LogP contribution >= 0.6 is 22.7 Å². The van der Waals surface area contributed by atoms with Crippen molar-refractivity contribution >= 4 is 75.7 Å². The molecule has 0 radical (unpaired) electrons. The van der Waals surface area contributed by atoms with Gasteiger partial charge in [0.05, 0.1) is 31.5 Å². The summed E-state index contributed by atoms with van der Waals surface area (Å²) in [7, 11) is 0. The molecule has 0 unspecified atom stereocenters. The number of aromatic nitrogens is 3. The fourth-order valence-corrected chi connectivity index (χ4v) is 9.77. The lowest BCUT2D eigenvalue weighted by Crippen LogP contribution is -2.10.